The fraction of sp³-hybridized carbons (Fsp3) is 0.438. The van der Waals surface area contributed by atoms with Crippen molar-refractivity contribution >= 4 is 0 Å². The fourth-order valence-electron chi connectivity index (χ4n) is 2.25. The standard InChI is InChI=1S/C16H22N2O3/c1-4-18-16(15(20-3)11-17-18)14(19)8-9-21-13-7-5-6-12(2)10-13/h5-7,10-11,14,19H,4,8-9H2,1-3H3. The van der Waals surface area contributed by atoms with Crippen molar-refractivity contribution in [2.45, 2.75) is 32.9 Å². The van der Waals surface area contributed by atoms with E-state index >= 15 is 0 Å². The zero-order chi connectivity index (χ0) is 15.2. The van der Waals surface area contributed by atoms with Gasteiger partial charge in [-0.1, -0.05) is 12.1 Å². The first kappa shape index (κ1) is 15.4. The summed E-state index contributed by atoms with van der Waals surface area (Å²) >= 11 is 0. The van der Waals surface area contributed by atoms with Crippen LogP contribution in [0.15, 0.2) is 30.5 Å². The van der Waals surface area contributed by atoms with E-state index in [0.29, 0.717) is 31.0 Å². The molecule has 0 amide bonds. The molecule has 1 unspecified atom stereocenters. The third-order valence-electron chi connectivity index (χ3n) is 3.33. The number of aromatic nitrogens is 2. The predicted octanol–water partition coefficient (Wildman–Crippen LogP) is 2.72. The van der Waals surface area contributed by atoms with Gasteiger partial charge in [-0.2, -0.15) is 5.10 Å². The minimum Gasteiger partial charge on any atom is -0.493 e. The fourth-order valence-corrected chi connectivity index (χ4v) is 2.25. The van der Waals surface area contributed by atoms with Gasteiger partial charge in [0.05, 0.1) is 19.9 Å². The molecule has 114 valence electrons. The number of hydrogen-bond acceptors (Lipinski definition) is 4. The van der Waals surface area contributed by atoms with Gasteiger partial charge in [-0.05, 0) is 31.5 Å². The second-order valence-corrected chi connectivity index (χ2v) is 4.88. The highest BCUT2D eigenvalue weighted by molar-refractivity contribution is 5.28. The second-order valence-electron chi connectivity index (χ2n) is 4.88. The van der Waals surface area contributed by atoms with Crippen LogP contribution in [0.3, 0.4) is 0 Å². The van der Waals surface area contributed by atoms with Gasteiger partial charge in [0.25, 0.3) is 0 Å². The molecule has 0 saturated heterocycles. The van der Waals surface area contributed by atoms with Gasteiger partial charge in [0.1, 0.15) is 17.5 Å². The molecular formula is C16H22N2O3. The molecular weight excluding hydrogens is 268 g/mol. The summed E-state index contributed by atoms with van der Waals surface area (Å²) in [5.74, 6) is 1.43. The van der Waals surface area contributed by atoms with E-state index in [4.69, 9.17) is 9.47 Å². The average Bonchev–Trinajstić information content (AvgIpc) is 2.90. The molecule has 0 aliphatic carbocycles. The number of rotatable bonds is 7. The van der Waals surface area contributed by atoms with Crippen molar-refractivity contribution in [3.8, 4) is 11.5 Å². The molecule has 5 nitrogen and oxygen atoms in total. The minimum absolute atomic E-state index is 0.433. The zero-order valence-electron chi connectivity index (χ0n) is 12.7. The smallest absolute Gasteiger partial charge is 0.162 e. The average molecular weight is 290 g/mol. The SMILES string of the molecule is CCn1ncc(OC)c1C(O)CCOc1cccc(C)c1. The second kappa shape index (κ2) is 7.13. The molecule has 1 N–H and O–H groups in total. The van der Waals surface area contributed by atoms with Crippen molar-refractivity contribution < 1.29 is 14.6 Å². The van der Waals surface area contributed by atoms with Crippen molar-refractivity contribution in [1.29, 1.82) is 0 Å². The molecule has 0 aliphatic rings. The van der Waals surface area contributed by atoms with E-state index in [1.165, 1.54) is 0 Å². The van der Waals surface area contributed by atoms with Crippen LogP contribution in [0.4, 0.5) is 0 Å². The highest BCUT2D eigenvalue weighted by Gasteiger charge is 2.19. The normalized spacial score (nSPS) is 12.2. The summed E-state index contributed by atoms with van der Waals surface area (Å²) in [6.45, 7) is 5.12. The van der Waals surface area contributed by atoms with Crippen LogP contribution in [-0.2, 0) is 6.54 Å². The van der Waals surface area contributed by atoms with Gasteiger partial charge < -0.3 is 14.6 Å². The van der Waals surface area contributed by atoms with Crippen LogP contribution in [0.25, 0.3) is 0 Å². The number of benzene rings is 1. The Balaban J connectivity index is 1.95. The Morgan fingerprint density at radius 1 is 1.38 bits per heavy atom. The summed E-state index contributed by atoms with van der Waals surface area (Å²) in [5, 5.41) is 14.5. The first-order chi connectivity index (χ1) is 10.2. The molecule has 1 aromatic carbocycles. The summed E-state index contributed by atoms with van der Waals surface area (Å²) in [4.78, 5) is 0. The minimum atomic E-state index is -0.660. The molecule has 0 spiro atoms. The molecule has 0 radical (unpaired) electrons. The van der Waals surface area contributed by atoms with Crippen LogP contribution in [0.5, 0.6) is 11.5 Å². The Labute approximate surface area is 125 Å². The van der Waals surface area contributed by atoms with Crippen LogP contribution in [-0.4, -0.2) is 28.6 Å². The molecule has 1 atom stereocenters. The number of hydrogen-bond donors (Lipinski definition) is 1. The van der Waals surface area contributed by atoms with Gasteiger partial charge in [-0.15, -0.1) is 0 Å². The van der Waals surface area contributed by atoms with E-state index in [1.54, 1.807) is 18.0 Å². The van der Waals surface area contributed by atoms with Crippen molar-refractivity contribution in [2.24, 2.45) is 0 Å². The first-order valence-electron chi connectivity index (χ1n) is 7.13. The van der Waals surface area contributed by atoms with E-state index < -0.39 is 6.10 Å². The Kier molecular flexibility index (Phi) is 5.22. The maximum atomic E-state index is 10.3. The van der Waals surface area contributed by atoms with Crippen LogP contribution < -0.4 is 9.47 Å². The quantitative estimate of drug-likeness (QED) is 0.852. The zero-order valence-corrected chi connectivity index (χ0v) is 12.7. The summed E-state index contributed by atoms with van der Waals surface area (Å²) in [6.07, 6.45) is 1.45. The number of methoxy groups -OCH3 is 1. The maximum absolute atomic E-state index is 10.3. The lowest BCUT2D eigenvalue weighted by Gasteiger charge is -2.14. The van der Waals surface area contributed by atoms with Gasteiger partial charge in [0.15, 0.2) is 5.75 Å². The largest absolute Gasteiger partial charge is 0.493 e. The Morgan fingerprint density at radius 2 is 2.19 bits per heavy atom. The van der Waals surface area contributed by atoms with Crippen molar-refractivity contribution in [3.63, 3.8) is 0 Å². The molecule has 0 bridgehead atoms. The molecule has 21 heavy (non-hydrogen) atoms. The van der Waals surface area contributed by atoms with Crippen LogP contribution in [0, 0.1) is 6.92 Å². The van der Waals surface area contributed by atoms with Crippen LogP contribution in [0.1, 0.15) is 30.7 Å². The van der Waals surface area contributed by atoms with Crippen LogP contribution in [0.2, 0.25) is 0 Å². The number of ether oxygens (including phenoxy) is 2. The molecule has 0 fully saturated rings. The first-order valence-corrected chi connectivity index (χ1v) is 7.13. The number of aryl methyl sites for hydroxylation is 2. The van der Waals surface area contributed by atoms with Crippen molar-refractivity contribution in [1.82, 2.24) is 9.78 Å². The highest BCUT2D eigenvalue weighted by atomic mass is 16.5. The predicted molar refractivity (Wildman–Crippen MR) is 80.7 cm³/mol. The van der Waals surface area contributed by atoms with E-state index in [1.807, 2.05) is 38.1 Å². The summed E-state index contributed by atoms with van der Waals surface area (Å²) in [7, 11) is 1.58. The molecule has 0 saturated carbocycles. The lowest BCUT2D eigenvalue weighted by atomic mass is 10.2. The van der Waals surface area contributed by atoms with Crippen molar-refractivity contribution in [3.05, 3.63) is 41.7 Å². The Bertz CT molecular complexity index is 559. The van der Waals surface area contributed by atoms with Gasteiger partial charge in [-0.25, -0.2) is 0 Å². The van der Waals surface area contributed by atoms with Gasteiger partial charge >= 0.3 is 0 Å². The lowest BCUT2D eigenvalue weighted by Crippen LogP contribution is -2.12. The van der Waals surface area contributed by atoms with E-state index in [0.717, 1.165) is 11.3 Å². The van der Waals surface area contributed by atoms with E-state index in [-0.39, 0.29) is 0 Å². The third-order valence-corrected chi connectivity index (χ3v) is 3.33. The third kappa shape index (κ3) is 3.76. The summed E-state index contributed by atoms with van der Waals surface area (Å²) < 4.78 is 12.7. The molecule has 2 rings (SSSR count). The molecule has 0 aliphatic heterocycles. The number of nitrogens with zero attached hydrogens (tertiary/aromatic N) is 2. The highest BCUT2D eigenvalue weighted by Crippen LogP contribution is 2.27. The van der Waals surface area contributed by atoms with Crippen LogP contribution >= 0.6 is 0 Å². The van der Waals surface area contributed by atoms with Crippen molar-refractivity contribution in [2.75, 3.05) is 13.7 Å². The molecule has 2 aromatic rings. The lowest BCUT2D eigenvalue weighted by molar-refractivity contribution is 0.129. The molecule has 1 aromatic heterocycles. The molecule has 1 heterocycles. The maximum Gasteiger partial charge on any atom is 0.162 e. The van der Waals surface area contributed by atoms with Gasteiger partial charge in [0, 0.05) is 13.0 Å². The topological polar surface area (TPSA) is 56.5 Å². The van der Waals surface area contributed by atoms with E-state index in [2.05, 4.69) is 5.10 Å². The Morgan fingerprint density at radius 3 is 2.86 bits per heavy atom. The Hall–Kier alpha value is -2.01. The van der Waals surface area contributed by atoms with E-state index in [9.17, 15) is 5.11 Å². The van der Waals surface area contributed by atoms with Gasteiger partial charge in [-0.3, -0.25) is 4.68 Å². The number of aliphatic hydroxyl groups excluding tert-OH is 1. The summed E-state index contributed by atoms with van der Waals surface area (Å²) in [5.41, 5.74) is 1.85. The van der Waals surface area contributed by atoms with Gasteiger partial charge in [0.2, 0.25) is 0 Å². The number of aliphatic hydroxyl groups is 1. The summed E-state index contributed by atoms with van der Waals surface area (Å²) in [6, 6.07) is 7.86. The molecule has 5 heteroatoms. The monoisotopic (exact) mass is 290 g/mol.